The van der Waals surface area contributed by atoms with Gasteiger partial charge in [-0.25, -0.2) is 0 Å². The standard InChI is InChI=1S/C9H9BrClNO3/c10-5-1-4(2-6(11)8(5)13)3-7(12)9(14)15/h1-2,7,13H,3,12H2,(H,14,15)/t7-/m0/s1. The van der Waals surface area contributed by atoms with Gasteiger partial charge in [-0.15, -0.1) is 0 Å². The number of carbonyl (C=O) groups is 1. The number of rotatable bonds is 3. The molecular weight excluding hydrogens is 285 g/mol. The molecule has 0 unspecified atom stereocenters. The van der Waals surface area contributed by atoms with Gasteiger partial charge in [0.1, 0.15) is 11.8 Å². The van der Waals surface area contributed by atoms with Crippen LogP contribution in [-0.4, -0.2) is 22.2 Å². The lowest BCUT2D eigenvalue weighted by molar-refractivity contribution is -0.138. The molecule has 0 aliphatic carbocycles. The van der Waals surface area contributed by atoms with E-state index in [1.165, 1.54) is 6.07 Å². The first-order chi connectivity index (χ1) is 6.91. The van der Waals surface area contributed by atoms with Crippen LogP contribution in [0.3, 0.4) is 0 Å². The summed E-state index contributed by atoms with van der Waals surface area (Å²) in [7, 11) is 0. The summed E-state index contributed by atoms with van der Waals surface area (Å²) in [5.41, 5.74) is 6.02. The molecule has 0 aromatic heterocycles. The molecule has 1 aromatic rings. The molecule has 0 radical (unpaired) electrons. The number of phenolic OH excluding ortho intramolecular Hbond substituents is 1. The highest BCUT2D eigenvalue weighted by molar-refractivity contribution is 9.10. The molecule has 15 heavy (non-hydrogen) atoms. The molecule has 0 aliphatic heterocycles. The summed E-state index contributed by atoms with van der Waals surface area (Å²) in [6, 6.07) is 2.10. The van der Waals surface area contributed by atoms with Gasteiger partial charge in [0.25, 0.3) is 0 Å². The first-order valence-corrected chi connectivity index (χ1v) is 5.24. The second-order valence-electron chi connectivity index (χ2n) is 3.06. The van der Waals surface area contributed by atoms with Gasteiger partial charge in [-0.3, -0.25) is 4.79 Å². The maximum absolute atomic E-state index is 10.5. The molecule has 0 aliphatic rings. The second-order valence-corrected chi connectivity index (χ2v) is 4.32. The van der Waals surface area contributed by atoms with E-state index in [4.69, 9.17) is 22.4 Å². The summed E-state index contributed by atoms with van der Waals surface area (Å²) in [5.74, 6) is -1.14. The number of aromatic hydroxyl groups is 1. The number of carboxylic acids is 1. The van der Waals surface area contributed by atoms with Crippen LogP contribution in [-0.2, 0) is 11.2 Å². The van der Waals surface area contributed by atoms with Crippen LogP contribution in [0.25, 0.3) is 0 Å². The van der Waals surface area contributed by atoms with Gasteiger partial charge in [0, 0.05) is 0 Å². The van der Waals surface area contributed by atoms with E-state index in [9.17, 15) is 9.90 Å². The zero-order valence-electron chi connectivity index (χ0n) is 7.58. The summed E-state index contributed by atoms with van der Waals surface area (Å²) < 4.78 is 0.419. The van der Waals surface area contributed by atoms with Crippen molar-refractivity contribution in [3.8, 4) is 5.75 Å². The fraction of sp³-hybridized carbons (Fsp3) is 0.222. The summed E-state index contributed by atoms with van der Waals surface area (Å²) in [5, 5.41) is 18.1. The number of benzene rings is 1. The first-order valence-electron chi connectivity index (χ1n) is 4.07. The minimum absolute atomic E-state index is 0.0655. The molecule has 0 amide bonds. The zero-order chi connectivity index (χ0) is 11.6. The minimum atomic E-state index is -1.07. The summed E-state index contributed by atoms with van der Waals surface area (Å²) in [4.78, 5) is 10.5. The van der Waals surface area contributed by atoms with E-state index in [-0.39, 0.29) is 17.2 Å². The Hall–Kier alpha value is -0.780. The second kappa shape index (κ2) is 4.83. The molecule has 1 aromatic carbocycles. The van der Waals surface area contributed by atoms with E-state index >= 15 is 0 Å². The van der Waals surface area contributed by atoms with Crippen molar-refractivity contribution in [2.24, 2.45) is 5.73 Å². The van der Waals surface area contributed by atoms with E-state index in [0.29, 0.717) is 10.0 Å². The van der Waals surface area contributed by atoms with Crippen molar-refractivity contribution in [3.05, 3.63) is 27.2 Å². The molecule has 1 rings (SSSR count). The Balaban J connectivity index is 2.92. The third-order valence-corrected chi connectivity index (χ3v) is 2.74. The quantitative estimate of drug-likeness (QED) is 0.793. The van der Waals surface area contributed by atoms with Crippen LogP contribution in [0.1, 0.15) is 5.56 Å². The molecule has 82 valence electrons. The number of phenols is 1. The van der Waals surface area contributed by atoms with Crippen LogP contribution >= 0.6 is 27.5 Å². The normalized spacial score (nSPS) is 12.5. The lowest BCUT2D eigenvalue weighted by Crippen LogP contribution is -2.32. The molecule has 1 atom stereocenters. The predicted octanol–water partition coefficient (Wildman–Crippen LogP) is 1.76. The Bertz CT molecular complexity index is 374. The van der Waals surface area contributed by atoms with Crippen molar-refractivity contribution in [2.45, 2.75) is 12.5 Å². The third kappa shape index (κ3) is 3.09. The van der Waals surface area contributed by atoms with Gasteiger partial charge in [-0.05, 0) is 40.0 Å². The van der Waals surface area contributed by atoms with E-state index < -0.39 is 12.0 Å². The number of hydrogen-bond donors (Lipinski definition) is 3. The average Bonchev–Trinajstić information content (AvgIpc) is 2.13. The van der Waals surface area contributed by atoms with Gasteiger partial charge < -0.3 is 15.9 Å². The van der Waals surface area contributed by atoms with Crippen molar-refractivity contribution in [2.75, 3.05) is 0 Å². The summed E-state index contributed by atoms with van der Waals surface area (Å²) in [6.45, 7) is 0. The molecule has 0 saturated heterocycles. The minimum Gasteiger partial charge on any atom is -0.505 e. The van der Waals surface area contributed by atoms with Gasteiger partial charge >= 0.3 is 5.97 Å². The molecule has 0 heterocycles. The number of halogens is 2. The Labute approximate surface area is 99.8 Å². The lowest BCUT2D eigenvalue weighted by atomic mass is 10.1. The van der Waals surface area contributed by atoms with Crippen LogP contribution < -0.4 is 5.73 Å². The number of aliphatic carboxylic acids is 1. The van der Waals surface area contributed by atoms with Crippen LogP contribution in [0.15, 0.2) is 16.6 Å². The van der Waals surface area contributed by atoms with Gasteiger partial charge in [-0.2, -0.15) is 0 Å². The predicted molar refractivity (Wildman–Crippen MR) is 60.1 cm³/mol. The van der Waals surface area contributed by atoms with Gasteiger partial charge in [-0.1, -0.05) is 11.6 Å². The van der Waals surface area contributed by atoms with Crippen molar-refractivity contribution in [1.82, 2.24) is 0 Å². The van der Waals surface area contributed by atoms with Crippen LogP contribution in [0.4, 0.5) is 0 Å². The van der Waals surface area contributed by atoms with Crippen molar-refractivity contribution >= 4 is 33.5 Å². The Morgan fingerprint density at radius 1 is 1.60 bits per heavy atom. The largest absolute Gasteiger partial charge is 0.505 e. The molecule has 4 N–H and O–H groups in total. The molecule has 0 fully saturated rings. The van der Waals surface area contributed by atoms with Crippen LogP contribution in [0, 0.1) is 0 Å². The van der Waals surface area contributed by atoms with E-state index in [0.717, 1.165) is 0 Å². The Morgan fingerprint density at radius 2 is 2.20 bits per heavy atom. The summed E-state index contributed by atoms with van der Waals surface area (Å²) >= 11 is 8.82. The number of hydrogen-bond acceptors (Lipinski definition) is 3. The van der Waals surface area contributed by atoms with Crippen LogP contribution in [0.5, 0.6) is 5.75 Å². The van der Waals surface area contributed by atoms with Crippen molar-refractivity contribution in [1.29, 1.82) is 0 Å². The highest BCUT2D eigenvalue weighted by atomic mass is 79.9. The zero-order valence-corrected chi connectivity index (χ0v) is 9.92. The smallest absolute Gasteiger partial charge is 0.320 e. The van der Waals surface area contributed by atoms with Crippen molar-refractivity contribution < 1.29 is 15.0 Å². The molecule has 4 nitrogen and oxygen atoms in total. The average molecular weight is 295 g/mol. The molecule has 6 heteroatoms. The van der Waals surface area contributed by atoms with Gasteiger partial charge in [0.15, 0.2) is 0 Å². The lowest BCUT2D eigenvalue weighted by Gasteiger charge is -2.08. The summed E-state index contributed by atoms with van der Waals surface area (Å²) in [6.07, 6.45) is 0.161. The third-order valence-electron chi connectivity index (χ3n) is 1.85. The topological polar surface area (TPSA) is 83.5 Å². The molecule has 0 bridgehead atoms. The van der Waals surface area contributed by atoms with Gasteiger partial charge in [0.05, 0.1) is 9.50 Å². The molecular formula is C9H9BrClNO3. The number of carboxylic acid groups (broad SMARTS) is 1. The highest BCUT2D eigenvalue weighted by Crippen LogP contribution is 2.33. The van der Waals surface area contributed by atoms with Gasteiger partial charge in [0.2, 0.25) is 0 Å². The maximum Gasteiger partial charge on any atom is 0.320 e. The van der Waals surface area contributed by atoms with E-state index in [1.54, 1.807) is 6.07 Å². The SMILES string of the molecule is N[C@@H](Cc1cc(Cl)c(O)c(Br)c1)C(=O)O. The van der Waals surface area contributed by atoms with E-state index in [1.807, 2.05) is 0 Å². The van der Waals surface area contributed by atoms with E-state index in [2.05, 4.69) is 15.9 Å². The Kier molecular flexibility index (Phi) is 3.96. The van der Waals surface area contributed by atoms with Crippen molar-refractivity contribution in [3.63, 3.8) is 0 Å². The Morgan fingerprint density at radius 3 is 2.67 bits per heavy atom. The maximum atomic E-state index is 10.5. The highest BCUT2D eigenvalue weighted by Gasteiger charge is 2.14. The first kappa shape index (κ1) is 12.3. The molecule has 0 spiro atoms. The van der Waals surface area contributed by atoms with Crippen LogP contribution in [0.2, 0.25) is 5.02 Å². The fourth-order valence-electron chi connectivity index (χ4n) is 1.08. The number of nitrogens with two attached hydrogens (primary N) is 1. The monoisotopic (exact) mass is 293 g/mol. The molecule has 0 saturated carbocycles. The fourth-order valence-corrected chi connectivity index (χ4v) is 1.94.